The summed E-state index contributed by atoms with van der Waals surface area (Å²) in [5, 5.41) is 26.2. The molecule has 35 heavy (non-hydrogen) atoms. The van der Waals surface area contributed by atoms with Crippen molar-refractivity contribution in [3.63, 3.8) is 0 Å². The molecule has 4 amide bonds. The van der Waals surface area contributed by atoms with Crippen molar-refractivity contribution in [2.45, 2.75) is 70.6 Å². The summed E-state index contributed by atoms with van der Waals surface area (Å²) in [4.78, 5) is 60.4. The van der Waals surface area contributed by atoms with Gasteiger partial charge in [0.05, 0.1) is 6.04 Å². The topological polar surface area (TPSA) is 214 Å². The van der Waals surface area contributed by atoms with E-state index in [9.17, 15) is 34.2 Å². The van der Waals surface area contributed by atoms with Crippen LogP contribution in [0.4, 0.5) is 0 Å². The summed E-state index contributed by atoms with van der Waals surface area (Å²) in [6, 6.07) is 1.52. The number of carbonyl (C=O) groups excluding carboxylic acids is 4. The Kier molecular flexibility index (Phi) is 11.7. The molecular weight excluding hydrogens is 458 g/mol. The van der Waals surface area contributed by atoms with E-state index in [4.69, 9.17) is 11.5 Å². The fourth-order valence-electron chi connectivity index (χ4n) is 3.15. The minimum atomic E-state index is -1.19. The van der Waals surface area contributed by atoms with Crippen molar-refractivity contribution in [2.75, 3.05) is 0 Å². The number of carboxylic acids is 1. The fraction of sp³-hybridized carbons (Fsp3) is 0.522. The van der Waals surface area contributed by atoms with Gasteiger partial charge in [-0.05, 0) is 43.4 Å². The second-order valence-electron chi connectivity index (χ2n) is 8.80. The SMILES string of the molecule is CC(C)CC(NC(=O)C(C)NC(=O)C(Cc1ccc(O)cc1)NC(=O)C(N)CCC(N)=O)C(=O)O. The van der Waals surface area contributed by atoms with Crippen molar-refractivity contribution in [1.82, 2.24) is 16.0 Å². The number of benzene rings is 1. The van der Waals surface area contributed by atoms with E-state index >= 15 is 0 Å². The highest BCUT2D eigenvalue weighted by Crippen LogP contribution is 2.12. The van der Waals surface area contributed by atoms with Gasteiger partial charge in [0, 0.05) is 12.8 Å². The third-order valence-electron chi connectivity index (χ3n) is 5.12. The van der Waals surface area contributed by atoms with Crippen LogP contribution in [0.5, 0.6) is 5.75 Å². The summed E-state index contributed by atoms with van der Waals surface area (Å²) in [5.41, 5.74) is 11.5. The van der Waals surface area contributed by atoms with E-state index in [-0.39, 0.29) is 37.4 Å². The van der Waals surface area contributed by atoms with E-state index in [0.29, 0.717) is 5.56 Å². The van der Waals surface area contributed by atoms with E-state index < -0.39 is 53.8 Å². The molecule has 0 aliphatic carbocycles. The molecule has 0 heterocycles. The minimum absolute atomic E-state index is 0.0137. The number of aliphatic carboxylic acids is 1. The molecule has 1 aromatic rings. The first kappa shape index (κ1) is 29.4. The molecule has 0 aromatic heterocycles. The van der Waals surface area contributed by atoms with E-state index in [1.54, 1.807) is 12.1 Å². The summed E-state index contributed by atoms with van der Waals surface area (Å²) >= 11 is 0. The Morgan fingerprint density at radius 3 is 1.97 bits per heavy atom. The van der Waals surface area contributed by atoms with Crippen LogP contribution in [0.3, 0.4) is 0 Å². The van der Waals surface area contributed by atoms with Crippen molar-refractivity contribution in [1.29, 1.82) is 0 Å². The molecular formula is C23H35N5O7. The fourth-order valence-corrected chi connectivity index (χ4v) is 3.15. The number of hydrogen-bond donors (Lipinski definition) is 7. The average Bonchev–Trinajstić information content (AvgIpc) is 2.77. The highest BCUT2D eigenvalue weighted by atomic mass is 16.4. The number of hydrogen-bond acceptors (Lipinski definition) is 7. The van der Waals surface area contributed by atoms with Gasteiger partial charge in [0.2, 0.25) is 23.6 Å². The Bertz CT molecular complexity index is 904. The van der Waals surface area contributed by atoms with Gasteiger partial charge in [-0.1, -0.05) is 26.0 Å². The number of nitrogens with one attached hydrogen (secondary N) is 3. The number of carboxylic acid groups (broad SMARTS) is 1. The maximum absolute atomic E-state index is 13.0. The Balaban J connectivity index is 2.93. The van der Waals surface area contributed by atoms with Crippen LogP contribution in [0.15, 0.2) is 24.3 Å². The highest BCUT2D eigenvalue weighted by Gasteiger charge is 2.29. The number of phenols is 1. The van der Waals surface area contributed by atoms with Crippen molar-refractivity contribution in [2.24, 2.45) is 17.4 Å². The first-order valence-corrected chi connectivity index (χ1v) is 11.3. The van der Waals surface area contributed by atoms with Crippen molar-refractivity contribution < 1.29 is 34.2 Å². The van der Waals surface area contributed by atoms with Gasteiger partial charge in [-0.15, -0.1) is 0 Å². The summed E-state index contributed by atoms with van der Waals surface area (Å²) in [5.74, 6) is -3.86. The predicted octanol–water partition coefficient (Wildman–Crippen LogP) is -0.867. The molecule has 1 aromatic carbocycles. The number of carbonyl (C=O) groups is 5. The molecule has 0 aliphatic rings. The highest BCUT2D eigenvalue weighted by molar-refractivity contribution is 5.94. The molecule has 12 heteroatoms. The van der Waals surface area contributed by atoms with Gasteiger partial charge in [-0.3, -0.25) is 19.2 Å². The van der Waals surface area contributed by atoms with Crippen molar-refractivity contribution in [3.8, 4) is 5.75 Å². The van der Waals surface area contributed by atoms with Gasteiger partial charge in [0.25, 0.3) is 0 Å². The molecule has 0 saturated carbocycles. The quantitative estimate of drug-likeness (QED) is 0.172. The molecule has 0 spiro atoms. The number of amides is 4. The monoisotopic (exact) mass is 493 g/mol. The Labute approximate surface area is 203 Å². The van der Waals surface area contributed by atoms with Crippen LogP contribution >= 0.6 is 0 Å². The van der Waals surface area contributed by atoms with Crippen molar-refractivity contribution in [3.05, 3.63) is 29.8 Å². The lowest BCUT2D eigenvalue weighted by molar-refractivity contribution is -0.142. The Hall–Kier alpha value is -3.67. The maximum atomic E-state index is 13.0. The predicted molar refractivity (Wildman–Crippen MR) is 127 cm³/mol. The van der Waals surface area contributed by atoms with Gasteiger partial charge < -0.3 is 37.6 Å². The third kappa shape index (κ3) is 10.9. The second-order valence-corrected chi connectivity index (χ2v) is 8.80. The van der Waals surface area contributed by atoms with Crippen LogP contribution < -0.4 is 27.4 Å². The van der Waals surface area contributed by atoms with Crippen molar-refractivity contribution >= 4 is 29.6 Å². The van der Waals surface area contributed by atoms with Gasteiger partial charge >= 0.3 is 5.97 Å². The molecule has 9 N–H and O–H groups in total. The van der Waals surface area contributed by atoms with Gasteiger partial charge in [-0.2, -0.15) is 0 Å². The first-order chi connectivity index (χ1) is 16.3. The smallest absolute Gasteiger partial charge is 0.326 e. The summed E-state index contributed by atoms with van der Waals surface area (Å²) in [6.07, 6.45) is 0.103. The van der Waals surface area contributed by atoms with E-state index in [0.717, 1.165) is 0 Å². The van der Waals surface area contributed by atoms with Gasteiger partial charge in [-0.25, -0.2) is 4.79 Å². The first-order valence-electron chi connectivity index (χ1n) is 11.3. The molecule has 0 radical (unpaired) electrons. The largest absolute Gasteiger partial charge is 0.508 e. The van der Waals surface area contributed by atoms with Gasteiger partial charge in [0.1, 0.15) is 23.9 Å². The molecule has 0 fully saturated rings. The lowest BCUT2D eigenvalue weighted by Gasteiger charge is -2.24. The summed E-state index contributed by atoms with van der Waals surface area (Å²) in [6.45, 7) is 5.02. The normalized spacial score (nSPS) is 14.3. The molecule has 4 atom stereocenters. The van der Waals surface area contributed by atoms with Crippen LogP contribution in [-0.4, -0.2) is 64.0 Å². The summed E-state index contributed by atoms with van der Waals surface area (Å²) < 4.78 is 0. The number of aromatic hydroxyl groups is 1. The third-order valence-corrected chi connectivity index (χ3v) is 5.12. The Morgan fingerprint density at radius 2 is 1.46 bits per heavy atom. The van der Waals surface area contributed by atoms with E-state index in [1.807, 2.05) is 13.8 Å². The summed E-state index contributed by atoms with van der Waals surface area (Å²) in [7, 11) is 0. The number of rotatable bonds is 14. The standard InChI is InChI=1S/C23H35N5O7/c1-12(2)10-18(23(34)35)28-20(31)13(3)26-22(33)17(11-14-4-6-15(29)7-5-14)27-21(32)16(24)8-9-19(25)30/h4-7,12-13,16-18,29H,8-11,24H2,1-3H3,(H2,25,30)(H,26,33)(H,27,32)(H,28,31)(H,34,35). The van der Waals surface area contributed by atoms with E-state index in [1.165, 1.54) is 19.1 Å². The zero-order chi connectivity index (χ0) is 26.7. The maximum Gasteiger partial charge on any atom is 0.326 e. The molecule has 0 saturated heterocycles. The Morgan fingerprint density at radius 1 is 0.886 bits per heavy atom. The van der Waals surface area contributed by atoms with Crippen LogP contribution in [0, 0.1) is 5.92 Å². The molecule has 1 rings (SSSR count). The van der Waals surface area contributed by atoms with Crippen LogP contribution in [0.1, 0.15) is 45.6 Å². The molecule has 194 valence electrons. The lowest BCUT2D eigenvalue weighted by Crippen LogP contribution is -2.57. The second kappa shape index (κ2) is 13.9. The number of phenolic OH excluding ortho intramolecular Hbond substituents is 1. The van der Waals surface area contributed by atoms with Crippen LogP contribution in [0.25, 0.3) is 0 Å². The average molecular weight is 494 g/mol. The van der Waals surface area contributed by atoms with Crippen LogP contribution in [-0.2, 0) is 30.4 Å². The zero-order valence-electron chi connectivity index (χ0n) is 20.1. The minimum Gasteiger partial charge on any atom is -0.508 e. The van der Waals surface area contributed by atoms with E-state index in [2.05, 4.69) is 16.0 Å². The molecule has 0 bridgehead atoms. The van der Waals surface area contributed by atoms with Crippen LogP contribution in [0.2, 0.25) is 0 Å². The zero-order valence-corrected chi connectivity index (χ0v) is 20.1. The lowest BCUT2D eigenvalue weighted by atomic mass is 10.0. The molecule has 0 aliphatic heterocycles. The van der Waals surface area contributed by atoms with Gasteiger partial charge in [0.15, 0.2) is 0 Å². The molecule has 12 nitrogen and oxygen atoms in total. The number of nitrogens with two attached hydrogens (primary N) is 2. The number of primary amides is 1. The molecule has 4 unspecified atom stereocenters.